The summed E-state index contributed by atoms with van der Waals surface area (Å²) < 4.78 is 7.21. The Hall–Kier alpha value is -0.940. The second kappa shape index (κ2) is 5.96. The van der Waals surface area contributed by atoms with E-state index in [4.69, 9.17) is 4.74 Å². The van der Waals surface area contributed by atoms with E-state index >= 15 is 0 Å². The van der Waals surface area contributed by atoms with Gasteiger partial charge in [0.15, 0.2) is 0 Å². The summed E-state index contributed by atoms with van der Waals surface area (Å²) in [4.78, 5) is 3.90. The molecular weight excluding hydrogens is 204 g/mol. The Morgan fingerprint density at radius 2 is 2.25 bits per heavy atom. The maximum atomic E-state index is 5.39. The minimum atomic E-state index is -0.0698. The third-order valence-corrected chi connectivity index (χ3v) is 2.65. The number of hydrogen-bond donors (Lipinski definition) is 1. The number of nitrogens with one attached hydrogen (secondary N) is 1. The summed E-state index contributed by atoms with van der Waals surface area (Å²) in [6.45, 7) is 8.11. The van der Waals surface area contributed by atoms with Gasteiger partial charge in [0, 0.05) is 19.7 Å². The average molecular weight is 226 g/mol. The number of ether oxygens (including phenoxy) is 1. The van der Waals surface area contributed by atoms with Crippen LogP contribution in [0.5, 0.6) is 0 Å². The standard InChI is InChI=1S/C11H22N4O/c1-10(7-11(2,3)16-4)13-5-6-15-9-12-8-14-15/h8-10,13H,5-7H2,1-4H3. The van der Waals surface area contributed by atoms with Gasteiger partial charge in [-0.05, 0) is 27.2 Å². The van der Waals surface area contributed by atoms with Crippen molar-refractivity contribution in [2.45, 2.75) is 45.4 Å². The molecular formula is C11H22N4O. The van der Waals surface area contributed by atoms with Crippen LogP contribution in [0.15, 0.2) is 12.7 Å². The van der Waals surface area contributed by atoms with E-state index in [2.05, 4.69) is 36.2 Å². The van der Waals surface area contributed by atoms with Crippen LogP contribution in [-0.4, -0.2) is 40.1 Å². The summed E-state index contributed by atoms with van der Waals surface area (Å²) >= 11 is 0. The van der Waals surface area contributed by atoms with Crippen molar-refractivity contribution in [3.05, 3.63) is 12.7 Å². The molecule has 1 atom stereocenters. The predicted molar refractivity (Wildman–Crippen MR) is 63.2 cm³/mol. The van der Waals surface area contributed by atoms with E-state index in [1.54, 1.807) is 19.8 Å². The summed E-state index contributed by atoms with van der Waals surface area (Å²) in [5.41, 5.74) is -0.0698. The summed E-state index contributed by atoms with van der Waals surface area (Å²) in [6, 6.07) is 0.429. The van der Waals surface area contributed by atoms with Crippen LogP contribution in [0.3, 0.4) is 0 Å². The molecule has 0 saturated heterocycles. The van der Waals surface area contributed by atoms with E-state index in [1.165, 1.54) is 0 Å². The normalized spacial score (nSPS) is 14.0. The van der Waals surface area contributed by atoms with Crippen LogP contribution in [-0.2, 0) is 11.3 Å². The van der Waals surface area contributed by atoms with Crippen molar-refractivity contribution in [3.63, 3.8) is 0 Å². The molecule has 0 radical (unpaired) electrons. The van der Waals surface area contributed by atoms with Gasteiger partial charge >= 0.3 is 0 Å². The highest BCUT2D eigenvalue weighted by Crippen LogP contribution is 2.14. The van der Waals surface area contributed by atoms with Crippen LogP contribution in [0.4, 0.5) is 0 Å². The van der Waals surface area contributed by atoms with Crippen molar-refractivity contribution in [1.29, 1.82) is 0 Å². The van der Waals surface area contributed by atoms with Gasteiger partial charge in [0.2, 0.25) is 0 Å². The molecule has 1 aromatic heterocycles. The number of hydrogen-bond acceptors (Lipinski definition) is 4. The summed E-state index contributed by atoms with van der Waals surface area (Å²) in [6.07, 6.45) is 4.27. The van der Waals surface area contributed by atoms with Crippen LogP contribution < -0.4 is 5.32 Å². The Bertz CT molecular complexity index is 284. The molecule has 0 fully saturated rings. The van der Waals surface area contributed by atoms with Gasteiger partial charge in [0.05, 0.1) is 12.1 Å². The predicted octanol–water partition coefficient (Wildman–Crippen LogP) is 1.07. The highest BCUT2D eigenvalue weighted by atomic mass is 16.5. The molecule has 0 aliphatic rings. The fourth-order valence-corrected chi connectivity index (χ4v) is 1.67. The van der Waals surface area contributed by atoms with Crippen LogP contribution in [0.2, 0.25) is 0 Å². The Balaban J connectivity index is 2.18. The zero-order valence-electron chi connectivity index (χ0n) is 10.6. The highest BCUT2D eigenvalue weighted by molar-refractivity contribution is 4.75. The summed E-state index contributed by atoms with van der Waals surface area (Å²) in [5.74, 6) is 0. The Kier molecular flexibility index (Phi) is 4.89. The van der Waals surface area contributed by atoms with E-state index in [1.807, 2.05) is 4.68 Å². The number of methoxy groups -OCH3 is 1. The quantitative estimate of drug-likeness (QED) is 0.755. The van der Waals surface area contributed by atoms with Gasteiger partial charge in [-0.15, -0.1) is 0 Å². The lowest BCUT2D eigenvalue weighted by Gasteiger charge is -2.27. The third-order valence-electron chi connectivity index (χ3n) is 2.65. The van der Waals surface area contributed by atoms with E-state index in [0.717, 1.165) is 19.5 Å². The Labute approximate surface area is 97.2 Å². The second-order valence-electron chi connectivity index (χ2n) is 4.68. The molecule has 0 aliphatic heterocycles. The van der Waals surface area contributed by atoms with Crippen LogP contribution in [0.1, 0.15) is 27.2 Å². The molecule has 1 rings (SSSR count). The zero-order chi connectivity index (χ0) is 12.0. The van der Waals surface area contributed by atoms with Crippen LogP contribution >= 0.6 is 0 Å². The van der Waals surface area contributed by atoms with Gasteiger partial charge in [-0.2, -0.15) is 5.10 Å². The number of aromatic nitrogens is 3. The molecule has 0 saturated carbocycles. The molecule has 16 heavy (non-hydrogen) atoms. The first kappa shape index (κ1) is 13.1. The van der Waals surface area contributed by atoms with E-state index < -0.39 is 0 Å². The molecule has 1 aromatic rings. The maximum absolute atomic E-state index is 5.39. The van der Waals surface area contributed by atoms with E-state index in [0.29, 0.717) is 6.04 Å². The lowest BCUT2D eigenvalue weighted by Crippen LogP contribution is -2.37. The highest BCUT2D eigenvalue weighted by Gasteiger charge is 2.19. The fraction of sp³-hybridized carbons (Fsp3) is 0.818. The maximum Gasteiger partial charge on any atom is 0.137 e. The van der Waals surface area contributed by atoms with Crippen molar-refractivity contribution in [1.82, 2.24) is 20.1 Å². The van der Waals surface area contributed by atoms with Crippen molar-refractivity contribution in [3.8, 4) is 0 Å². The number of rotatable bonds is 7. The van der Waals surface area contributed by atoms with Crippen molar-refractivity contribution >= 4 is 0 Å². The molecule has 0 spiro atoms. The largest absolute Gasteiger partial charge is 0.379 e. The third kappa shape index (κ3) is 4.72. The van der Waals surface area contributed by atoms with Gasteiger partial charge in [-0.1, -0.05) is 0 Å². The molecule has 1 unspecified atom stereocenters. The van der Waals surface area contributed by atoms with Crippen molar-refractivity contribution in [2.24, 2.45) is 0 Å². The molecule has 92 valence electrons. The van der Waals surface area contributed by atoms with Gasteiger partial charge < -0.3 is 10.1 Å². The molecule has 0 aliphatic carbocycles. The summed E-state index contributed by atoms with van der Waals surface area (Å²) in [7, 11) is 1.75. The Morgan fingerprint density at radius 3 is 2.81 bits per heavy atom. The molecule has 1 N–H and O–H groups in total. The van der Waals surface area contributed by atoms with Gasteiger partial charge in [0.25, 0.3) is 0 Å². The molecule has 1 heterocycles. The number of nitrogens with zero attached hydrogens (tertiary/aromatic N) is 3. The minimum Gasteiger partial charge on any atom is -0.379 e. The first-order chi connectivity index (χ1) is 7.53. The first-order valence-corrected chi connectivity index (χ1v) is 5.64. The second-order valence-corrected chi connectivity index (χ2v) is 4.68. The topological polar surface area (TPSA) is 52.0 Å². The van der Waals surface area contributed by atoms with Crippen LogP contribution in [0.25, 0.3) is 0 Å². The van der Waals surface area contributed by atoms with E-state index in [9.17, 15) is 0 Å². The lowest BCUT2D eigenvalue weighted by molar-refractivity contribution is 0.00855. The van der Waals surface area contributed by atoms with Crippen LogP contribution in [0, 0.1) is 0 Å². The molecule has 0 aromatic carbocycles. The molecule has 5 heteroatoms. The fourth-order valence-electron chi connectivity index (χ4n) is 1.67. The molecule has 5 nitrogen and oxygen atoms in total. The summed E-state index contributed by atoms with van der Waals surface area (Å²) in [5, 5.41) is 7.49. The first-order valence-electron chi connectivity index (χ1n) is 5.64. The zero-order valence-corrected chi connectivity index (χ0v) is 10.6. The van der Waals surface area contributed by atoms with Gasteiger partial charge in [0.1, 0.15) is 12.7 Å². The minimum absolute atomic E-state index is 0.0698. The SMILES string of the molecule is COC(C)(C)CC(C)NCCn1cncn1. The van der Waals surface area contributed by atoms with Gasteiger partial charge in [-0.25, -0.2) is 4.98 Å². The monoisotopic (exact) mass is 226 g/mol. The smallest absolute Gasteiger partial charge is 0.137 e. The van der Waals surface area contributed by atoms with E-state index in [-0.39, 0.29) is 5.60 Å². The average Bonchev–Trinajstić information content (AvgIpc) is 2.70. The van der Waals surface area contributed by atoms with Gasteiger partial charge in [-0.3, -0.25) is 4.68 Å². The Morgan fingerprint density at radius 1 is 1.50 bits per heavy atom. The van der Waals surface area contributed by atoms with Crippen molar-refractivity contribution < 1.29 is 4.74 Å². The molecule has 0 bridgehead atoms. The van der Waals surface area contributed by atoms with Crippen molar-refractivity contribution in [2.75, 3.05) is 13.7 Å². The molecule has 0 amide bonds. The lowest BCUT2D eigenvalue weighted by atomic mass is 10.00.